The van der Waals surface area contributed by atoms with Crippen LogP contribution in [0.2, 0.25) is 0 Å². The van der Waals surface area contributed by atoms with Gasteiger partial charge in [-0.1, -0.05) is 0 Å². The summed E-state index contributed by atoms with van der Waals surface area (Å²) in [4.78, 5) is 8.75. The number of nitrogens with zero attached hydrogens (tertiary/aromatic N) is 1. The smallest absolute Gasteiger partial charge is 0.272 e. The van der Waals surface area contributed by atoms with E-state index < -0.39 is 50.6 Å². The molecule has 1 atom stereocenters. The molecule has 0 saturated carbocycles. The van der Waals surface area contributed by atoms with Gasteiger partial charge in [-0.2, -0.15) is 0 Å². The fraction of sp³-hybridized carbons (Fsp3) is 0.333. The van der Waals surface area contributed by atoms with Crippen LogP contribution >= 0.6 is 0 Å². The normalized spacial score (nSPS) is 13.2. The van der Waals surface area contributed by atoms with E-state index in [1.165, 1.54) is 0 Å². The van der Waals surface area contributed by atoms with E-state index in [-0.39, 0.29) is 0 Å². The molecule has 0 aliphatic carbocycles. The second-order valence-corrected chi connectivity index (χ2v) is 5.30. The minimum Gasteiger partial charge on any atom is -0.394 e. The molecule has 8 nitrogen and oxygen atoms in total. The number of rotatable bonds is 6. The summed E-state index contributed by atoms with van der Waals surface area (Å²) in [6.45, 7) is -1.17. The van der Waals surface area contributed by atoms with E-state index in [1.54, 1.807) is 0 Å². The minimum absolute atomic E-state index is 0.483. The number of aliphatic hydroxyl groups is 2. The molecule has 1 aromatic carbocycles. The number of benzene rings is 1. The van der Waals surface area contributed by atoms with Gasteiger partial charge in [0.15, 0.2) is 0 Å². The van der Waals surface area contributed by atoms with E-state index in [1.807, 2.05) is 4.72 Å². The summed E-state index contributed by atoms with van der Waals surface area (Å²) in [5.74, 6) is -1.28. The molecular weight excluding hydrogens is 283 g/mol. The van der Waals surface area contributed by atoms with Gasteiger partial charge in [0.25, 0.3) is 5.69 Å². The van der Waals surface area contributed by atoms with Gasteiger partial charge >= 0.3 is 0 Å². The van der Waals surface area contributed by atoms with Crippen molar-refractivity contribution in [3.8, 4) is 0 Å². The van der Waals surface area contributed by atoms with Crippen molar-refractivity contribution in [3.63, 3.8) is 0 Å². The fourth-order valence-electron chi connectivity index (χ4n) is 1.17. The molecule has 10 heteroatoms. The molecule has 0 bridgehead atoms. The molecule has 0 radical (unpaired) electrons. The number of nitro benzene ring substituents is 1. The maximum Gasteiger partial charge on any atom is 0.272 e. The number of non-ortho nitro benzene ring substituents is 1. The third-order valence-corrected chi connectivity index (χ3v) is 3.59. The molecule has 1 aromatic rings. The Kier molecular flexibility index (Phi) is 4.89. The lowest BCUT2D eigenvalue weighted by Crippen LogP contribution is -2.34. The predicted molar refractivity (Wildman–Crippen MR) is 61.3 cm³/mol. The van der Waals surface area contributed by atoms with E-state index in [4.69, 9.17) is 10.2 Å². The van der Waals surface area contributed by atoms with E-state index >= 15 is 0 Å². The maximum atomic E-state index is 13.5. The summed E-state index contributed by atoms with van der Waals surface area (Å²) in [7, 11) is -4.26. The molecule has 0 spiro atoms. The summed E-state index contributed by atoms with van der Waals surface area (Å²) >= 11 is 0. The molecule has 0 aliphatic heterocycles. The SMILES string of the molecule is O=[N+]([O-])c1ccc(S(=O)(=O)NCC(O)CO)c(F)c1. The molecule has 0 saturated heterocycles. The fourth-order valence-corrected chi connectivity index (χ4v) is 2.30. The summed E-state index contributed by atoms with van der Waals surface area (Å²) < 4.78 is 38.6. The quantitative estimate of drug-likeness (QED) is 0.473. The lowest BCUT2D eigenvalue weighted by Gasteiger charge is -2.10. The zero-order valence-electron chi connectivity index (χ0n) is 9.48. The highest BCUT2D eigenvalue weighted by Crippen LogP contribution is 2.20. The molecule has 0 aromatic heterocycles. The van der Waals surface area contributed by atoms with Crippen molar-refractivity contribution in [1.82, 2.24) is 4.72 Å². The van der Waals surface area contributed by atoms with Crippen molar-refractivity contribution in [1.29, 1.82) is 0 Å². The Balaban J connectivity index is 2.99. The molecule has 0 amide bonds. The maximum absolute atomic E-state index is 13.5. The first-order valence-electron chi connectivity index (χ1n) is 5.00. The van der Waals surface area contributed by atoms with Crippen LogP contribution < -0.4 is 4.72 Å². The number of hydrogen-bond acceptors (Lipinski definition) is 6. The van der Waals surface area contributed by atoms with Crippen molar-refractivity contribution in [2.75, 3.05) is 13.2 Å². The Morgan fingerprint density at radius 1 is 1.47 bits per heavy atom. The monoisotopic (exact) mass is 294 g/mol. The number of nitro groups is 1. The lowest BCUT2D eigenvalue weighted by atomic mass is 10.3. The average Bonchev–Trinajstić information content (AvgIpc) is 2.35. The third-order valence-electron chi connectivity index (χ3n) is 2.14. The van der Waals surface area contributed by atoms with E-state index in [0.29, 0.717) is 6.07 Å². The number of hydrogen-bond donors (Lipinski definition) is 3. The van der Waals surface area contributed by atoms with Crippen LogP contribution in [0.15, 0.2) is 23.1 Å². The highest BCUT2D eigenvalue weighted by atomic mass is 32.2. The van der Waals surface area contributed by atoms with Crippen molar-refractivity contribution in [3.05, 3.63) is 34.1 Å². The summed E-state index contributed by atoms with van der Waals surface area (Å²) in [6, 6.07) is 2.08. The molecule has 1 unspecified atom stereocenters. The van der Waals surface area contributed by atoms with Crippen LogP contribution in [-0.4, -0.2) is 42.8 Å². The van der Waals surface area contributed by atoms with Crippen LogP contribution in [0.4, 0.5) is 10.1 Å². The lowest BCUT2D eigenvalue weighted by molar-refractivity contribution is -0.385. The Morgan fingerprint density at radius 3 is 2.58 bits per heavy atom. The highest BCUT2D eigenvalue weighted by molar-refractivity contribution is 7.89. The minimum atomic E-state index is -4.26. The van der Waals surface area contributed by atoms with Crippen LogP contribution in [-0.2, 0) is 10.0 Å². The molecule has 1 rings (SSSR count). The summed E-state index contributed by atoms with van der Waals surface area (Å²) in [5.41, 5.74) is -0.577. The van der Waals surface area contributed by atoms with Crippen LogP contribution in [0.3, 0.4) is 0 Å². The van der Waals surface area contributed by atoms with Gasteiger partial charge < -0.3 is 10.2 Å². The molecule has 19 heavy (non-hydrogen) atoms. The molecule has 0 aliphatic rings. The van der Waals surface area contributed by atoms with Crippen LogP contribution in [0.5, 0.6) is 0 Å². The largest absolute Gasteiger partial charge is 0.394 e. The average molecular weight is 294 g/mol. The third kappa shape index (κ3) is 3.92. The van der Waals surface area contributed by atoms with Gasteiger partial charge in [-0.25, -0.2) is 17.5 Å². The van der Waals surface area contributed by atoms with Crippen molar-refractivity contribution < 1.29 is 27.9 Å². The van der Waals surface area contributed by atoms with Gasteiger partial charge in [0.1, 0.15) is 10.7 Å². The van der Waals surface area contributed by atoms with E-state index in [0.717, 1.165) is 12.1 Å². The zero-order valence-corrected chi connectivity index (χ0v) is 10.3. The van der Waals surface area contributed by atoms with Gasteiger partial charge in [-0.3, -0.25) is 10.1 Å². The van der Waals surface area contributed by atoms with E-state index in [9.17, 15) is 22.9 Å². The number of nitrogens with one attached hydrogen (secondary N) is 1. The Bertz CT molecular complexity index is 576. The number of sulfonamides is 1. The molecule has 0 heterocycles. The second kappa shape index (κ2) is 6.02. The molecule has 0 fully saturated rings. The highest BCUT2D eigenvalue weighted by Gasteiger charge is 2.22. The van der Waals surface area contributed by atoms with Gasteiger partial charge in [0, 0.05) is 12.6 Å². The van der Waals surface area contributed by atoms with Crippen molar-refractivity contribution in [2.45, 2.75) is 11.0 Å². The van der Waals surface area contributed by atoms with Crippen LogP contribution in [0.1, 0.15) is 0 Å². The molecule has 3 N–H and O–H groups in total. The Labute approximate surface area is 107 Å². The second-order valence-electron chi connectivity index (χ2n) is 3.56. The Hall–Kier alpha value is -1.62. The molecular formula is C9H11FN2O6S. The number of halogens is 1. The first-order chi connectivity index (χ1) is 8.77. The topological polar surface area (TPSA) is 130 Å². The van der Waals surface area contributed by atoms with Gasteiger partial charge in [0.05, 0.1) is 23.7 Å². The van der Waals surface area contributed by atoms with Crippen molar-refractivity contribution in [2.24, 2.45) is 0 Å². The molecule has 106 valence electrons. The number of aliphatic hydroxyl groups excluding tert-OH is 2. The first-order valence-corrected chi connectivity index (χ1v) is 6.48. The standard InChI is InChI=1S/C9H11FN2O6S/c10-8-3-6(12(15)16)1-2-9(8)19(17,18)11-4-7(14)5-13/h1-3,7,11,13-14H,4-5H2. The van der Waals surface area contributed by atoms with Crippen LogP contribution in [0, 0.1) is 15.9 Å². The van der Waals surface area contributed by atoms with E-state index in [2.05, 4.69) is 0 Å². The summed E-state index contributed by atoms with van der Waals surface area (Å²) in [5, 5.41) is 27.9. The van der Waals surface area contributed by atoms with Crippen LogP contribution in [0.25, 0.3) is 0 Å². The summed E-state index contributed by atoms with van der Waals surface area (Å²) in [6.07, 6.45) is -1.32. The van der Waals surface area contributed by atoms with Gasteiger partial charge in [0.2, 0.25) is 10.0 Å². The van der Waals surface area contributed by atoms with Gasteiger partial charge in [-0.05, 0) is 6.07 Å². The van der Waals surface area contributed by atoms with Crippen molar-refractivity contribution >= 4 is 15.7 Å². The Morgan fingerprint density at radius 2 is 2.11 bits per heavy atom. The van der Waals surface area contributed by atoms with Gasteiger partial charge in [-0.15, -0.1) is 0 Å². The zero-order chi connectivity index (χ0) is 14.6. The first kappa shape index (κ1) is 15.4. The predicted octanol–water partition coefficient (Wildman–Crippen LogP) is -0.635.